The highest BCUT2D eigenvalue weighted by atomic mass is 16.1. The molecule has 0 fully saturated rings. The zero-order valence-electron chi connectivity index (χ0n) is 6.16. The molecule has 3 heteroatoms. The summed E-state index contributed by atoms with van der Waals surface area (Å²) in [6.45, 7) is 2.16. The maximum Gasteiger partial charge on any atom is 0.175 e. The molecule has 1 aliphatic rings. The van der Waals surface area contributed by atoms with E-state index in [1.807, 2.05) is 18.1 Å². The van der Waals surface area contributed by atoms with Crippen LogP contribution >= 0.6 is 0 Å². The fourth-order valence-corrected chi connectivity index (χ4v) is 0.769. The molecule has 3 nitrogen and oxygen atoms in total. The molecule has 1 aliphatic heterocycles. The Morgan fingerprint density at radius 3 is 2.90 bits per heavy atom. The van der Waals surface area contributed by atoms with Crippen molar-refractivity contribution in [3.8, 4) is 0 Å². The van der Waals surface area contributed by atoms with E-state index in [0.717, 1.165) is 0 Å². The summed E-state index contributed by atoms with van der Waals surface area (Å²) in [7, 11) is 1.91. The molecule has 1 heterocycles. The minimum Gasteiger partial charge on any atom is -0.373 e. The molecule has 1 rings (SSSR count). The summed E-state index contributed by atoms with van der Waals surface area (Å²) in [5, 5.41) is 0. The van der Waals surface area contributed by atoms with Gasteiger partial charge in [-0.1, -0.05) is 0 Å². The van der Waals surface area contributed by atoms with Gasteiger partial charge in [0.15, 0.2) is 5.78 Å². The summed E-state index contributed by atoms with van der Waals surface area (Å²) in [6.07, 6.45) is 3.48. The standard InChI is InChI=1S/C7H10N2O/c1-6(10)7-5-9(2)4-3-8-7/h3-4H,5H2,1-2H3. The summed E-state index contributed by atoms with van der Waals surface area (Å²) < 4.78 is 0. The van der Waals surface area contributed by atoms with Crippen LogP contribution in [0.4, 0.5) is 0 Å². The highest BCUT2D eigenvalue weighted by Crippen LogP contribution is 1.96. The van der Waals surface area contributed by atoms with Gasteiger partial charge in [-0.05, 0) is 0 Å². The number of rotatable bonds is 1. The first-order chi connectivity index (χ1) is 4.70. The van der Waals surface area contributed by atoms with Gasteiger partial charge in [0, 0.05) is 26.4 Å². The Kier molecular flexibility index (Phi) is 1.85. The minimum absolute atomic E-state index is 0.0520. The first-order valence-electron chi connectivity index (χ1n) is 3.14. The largest absolute Gasteiger partial charge is 0.373 e. The van der Waals surface area contributed by atoms with Crippen LogP contribution in [0.15, 0.2) is 17.4 Å². The molecule has 0 bridgehead atoms. The van der Waals surface area contributed by atoms with E-state index < -0.39 is 0 Å². The highest BCUT2D eigenvalue weighted by Gasteiger charge is 2.08. The van der Waals surface area contributed by atoms with Crippen LogP contribution in [0, 0.1) is 0 Å². The third-order valence-corrected chi connectivity index (χ3v) is 1.36. The van der Waals surface area contributed by atoms with E-state index in [-0.39, 0.29) is 5.78 Å². The van der Waals surface area contributed by atoms with Gasteiger partial charge in [-0.15, -0.1) is 0 Å². The van der Waals surface area contributed by atoms with Gasteiger partial charge in [-0.3, -0.25) is 9.79 Å². The molecule has 10 heavy (non-hydrogen) atoms. The van der Waals surface area contributed by atoms with Crippen molar-refractivity contribution in [1.29, 1.82) is 0 Å². The van der Waals surface area contributed by atoms with Crippen molar-refractivity contribution >= 4 is 11.5 Å². The lowest BCUT2D eigenvalue weighted by molar-refractivity contribution is -0.111. The smallest absolute Gasteiger partial charge is 0.175 e. The van der Waals surface area contributed by atoms with E-state index in [1.165, 1.54) is 6.92 Å². The summed E-state index contributed by atoms with van der Waals surface area (Å²) in [5.74, 6) is 0.0520. The molecule has 54 valence electrons. The third-order valence-electron chi connectivity index (χ3n) is 1.36. The molecule has 0 atom stereocenters. The Labute approximate surface area is 60.1 Å². The molecule has 0 aromatic heterocycles. The Hall–Kier alpha value is -1.12. The summed E-state index contributed by atoms with van der Waals surface area (Å²) in [6, 6.07) is 0. The normalized spacial score (nSPS) is 17.0. The summed E-state index contributed by atoms with van der Waals surface area (Å²) in [5.41, 5.74) is 0.630. The van der Waals surface area contributed by atoms with Crippen LogP contribution in [-0.4, -0.2) is 30.0 Å². The van der Waals surface area contributed by atoms with Crippen LogP contribution in [0.3, 0.4) is 0 Å². The molecule has 0 aliphatic carbocycles. The van der Waals surface area contributed by atoms with Crippen LogP contribution in [0.1, 0.15) is 6.92 Å². The van der Waals surface area contributed by atoms with Crippen LogP contribution in [0.5, 0.6) is 0 Å². The Morgan fingerprint density at radius 1 is 1.80 bits per heavy atom. The second-order valence-electron chi connectivity index (χ2n) is 2.35. The third kappa shape index (κ3) is 1.43. The molecular weight excluding hydrogens is 128 g/mol. The fourth-order valence-electron chi connectivity index (χ4n) is 0.769. The predicted molar refractivity (Wildman–Crippen MR) is 39.9 cm³/mol. The highest BCUT2D eigenvalue weighted by molar-refractivity contribution is 6.40. The van der Waals surface area contributed by atoms with Gasteiger partial charge >= 0.3 is 0 Å². The van der Waals surface area contributed by atoms with Gasteiger partial charge < -0.3 is 4.90 Å². The van der Waals surface area contributed by atoms with Gasteiger partial charge in [0.25, 0.3) is 0 Å². The predicted octanol–water partition coefficient (Wildman–Crippen LogP) is 0.433. The van der Waals surface area contributed by atoms with E-state index >= 15 is 0 Å². The number of carbonyl (C=O) groups is 1. The van der Waals surface area contributed by atoms with Crippen molar-refractivity contribution in [2.75, 3.05) is 13.6 Å². The number of carbonyl (C=O) groups excluding carboxylic acids is 1. The average molecular weight is 138 g/mol. The number of hydrogen-bond donors (Lipinski definition) is 0. The first-order valence-corrected chi connectivity index (χ1v) is 3.14. The molecule has 0 amide bonds. The van der Waals surface area contributed by atoms with E-state index in [2.05, 4.69) is 4.99 Å². The molecule has 0 radical (unpaired) electrons. The lowest BCUT2D eigenvalue weighted by atomic mass is 10.2. The molecule has 0 N–H and O–H groups in total. The monoisotopic (exact) mass is 138 g/mol. The maximum absolute atomic E-state index is 10.8. The summed E-state index contributed by atoms with van der Waals surface area (Å²) >= 11 is 0. The first kappa shape index (κ1) is 6.99. The van der Waals surface area contributed by atoms with E-state index in [4.69, 9.17) is 0 Å². The Bertz CT molecular complexity index is 206. The zero-order chi connectivity index (χ0) is 7.56. The Morgan fingerprint density at radius 2 is 2.50 bits per heavy atom. The van der Waals surface area contributed by atoms with Gasteiger partial charge in [-0.25, -0.2) is 0 Å². The molecule has 0 unspecified atom stereocenters. The number of Topliss-reactive ketones (excluding diaryl/α,β-unsaturated/α-hetero) is 1. The van der Waals surface area contributed by atoms with Crippen molar-refractivity contribution in [3.05, 3.63) is 12.4 Å². The molecule has 0 aromatic carbocycles. The number of hydrogen-bond acceptors (Lipinski definition) is 3. The van der Waals surface area contributed by atoms with E-state index in [0.29, 0.717) is 12.3 Å². The second-order valence-corrected chi connectivity index (χ2v) is 2.35. The Balaban J connectivity index is 2.71. The van der Waals surface area contributed by atoms with Gasteiger partial charge in [-0.2, -0.15) is 0 Å². The van der Waals surface area contributed by atoms with Crippen molar-refractivity contribution in [1.82, 2.24) is 4.90 Å². The molecule has 0 aromatic rings. The van der Waals surface area contributed by atoms with Crippen LogP contribution in [-0.2, 0) is 4.79 Å². The van der Waals surface area contributed by atoms with Crippen LogP contribution in [0.2, 0.25) is 0 Å². The zero-order valence-corrected chi connectivity index (χ0v) is 6.16. The maximum atomic E-state index is 10.8. The lowest BCUT2D eigenvalue weighted by Crippen LogP contribution is -2.27. The van der Waals surface area contributed by atoms with Gasteiger partial charge in [0.05, 0.1) is 6.54 Å². The molecule has 0 saturated carbocycles. The van der Waals surface area contributed by atoms with Gasteiger partial charge in [0.2, 0.25) is 0 Å². The molecular formula is C7H10N2O. The quantitative estimate of drug-likeness (QED) is 0.526. The fraction of sp³-hybridized carbons (Fsp3) is 0.429. The van der Waals surface area contributed by atoms with Crippen LogP contribution < -0.4 is 0 Å². The van der Waals surface area contributed by atoms with E-state index in [9.17, 15) is 4.79 Å². The van der Waals surface area contributed by atoms with E-state index in [1.54, 1.807) is 6.20 Å². The van der Waals surface area contributed by atoms with Crippen molar-refractivity contribution in [2.24, 2.45) is 4.99 Å². The minimum atomic E-state index is 0.0520. The molecule has 0 spiro atoms. The lowest BCUT2D eigenvalue weighted by Gasteiger charge is -2.16. The van der Waals surface area contributed by atoms with Crippen molar-refractivity contribution in [2.45, 2.75) is 6.92 Å². The number of nitrogens with zero attached hydrogens (tertiary/aromatic N) is 2. The molecule has 0 saturated heterocycles. The van der Waals surface area contributed by atoms with Crippen molar-refractivity contribution in [3.63, 3.8) is 0 Å². The van der Waals surface area contributed by atoms with Gasteiger partial charge in [0.1, 0.15) is 5.71 Å². The number of aliphatic imine (C=N–C) groups is 1. The number of ketones is 1. The average Bonchev–Trinajstić information content (AvgIpc) is 1.88. The SMILES string of the molecule is CC(=O)C1=NC=CN(C)C1. The topological polar surface area (TPSA) is 32.7 Å². The van der Waals surface area contributed by atoms with Crippen LogP contribution in [0.25, 0.3) is 0 Å². The second kappa shape index (κ2) is 2.64. The van der Waals surface area contributed by atoms with Crippen molar-refractivity contribution < 1.29 is 4.79 Å². The summed E-state index contributed by atoms with van der Waals surface area (Å²) in [4.78, 5) is 16.6.